The molecule has 0 aliphatic carbocycles. The van der Waals surface area contributed by atoms with E-state index in [2.05, 4.69) is 21.0 Å². The molecule has 0 bridgehead atoms. The molecule has 2 heterocycles. The summed E-state index contributed by atoms with van der Waals surface area (Å²) in [5.74, 6) is -0.368. The van der Waals surface area contributed by atoms with Gasteiger partial charge >= 0.3 is 0 Å². The van der Waals surface area contributed by atoms with Gasteiger partial charge in [0.1, 0.15) is 5.75 Å². The van der Waals surface area contributed by atoms with Crippen LogP contribution >= 0.6 is 11.3 Å². The summed E-state index contributed by atoms with van der Waals surface area (Å²) in [7, 11) is 0. The zero-order valence-electron chi connectivity index (χ0n) is 14.3. The minimum absolute atomic E-state index is 0.184. The van der Waals surface area contributed by atoms with Crippen LogP contribution in [0.1, 0.15) is 21.6 Å². The third-order valence-electron chi connectivity index (χ3n) is 3.48. The Bertz CT molecular complexity index is 898. The Balaban J connectivity index is 1.49. The molecule has 0 fully saturated rings. The second kappa shape index (κ2) is 7.83. The molecule has 8 heteroatoms. The summed E-state index contributed by atoms with van der Waals surface area (Å²) in [5.41, 5.74) is 7.66. The van der Waals surface area contributed by atoms with E-state index in [1.165, 1.54) is 11.3 Å². The van der Waals surface area contributed by atoms with Gasteiger partial charge in [-0.25, -0.2) is 0 Å². The fourth-order valence-corrected chi connectivity index (χ4v) is 3.08. The SMILES string of the molecule is Cc1cc(C)cc(OCC(=O)NNC(=O)c2cc(-c3cccs3)[nH]n2)c1. The lowest BCUT2D eigenvalue weighted by atomic mass is 10.1. The first-order valence-electron chi connectivity index (χ1n) is 7.91. The first kappa shape index (κ1) is 17.7. The Morgan fingerprint density at radius 1 is 1.15 bits per heavy atom. The average Bonchev–Trinajstić information content (AvgIpc) is 3.27. The number of aromatic amines is 1. The van der Waals surface area contributed by atoms with Crippen LogP contribution in [0.15, 0.2) is 41.8 Å². The van der Waals surface area contributed by atoms with Gasteiger partial charge in [-0.15, -0.1) is 11.3 Å². The molecule has 1 aromatic carbocycles. The number of carbonyl (C=O) groups excluding carboxylic acids is 2. The highest BCUT2D eigenvalue weighted by molar-refractivity contribution is 7.13. The predicted molar refractivity (Wildman–Crippen MR) is 98.9 cm³/mol. The van der Waals surface area contributed by atoms with Crippen molar-refractivity contribution in [2.45, 2.75) is 13.8 Å². The number of hydrogen-bond donors (Lipinski definition) is 3. The third-order valence-corrected chi connectivity index (χ3v) is 4.38. The second-order valence-electron chi connectivity index (χ2n) is 5.76. The topological polar surface area (TPSA) is 96.1 Å². The minimum Gasteiger partial charge on any atom is -0.484 e. The normalized spacial score (nSPS) is 10.4. The molecular formula is C18H18N4O3S. The van der Waals surface area contributed by atoms with Crippen LogP contribution in [0.5, 0.6) is 5.75 Å². The van der Waals surface area contributed by atoms with Crippen LogP contribution in [0, 0.1) is 13.8 Å². The van der Waals surface area contributed by atoms with Gasteiger partial charge in [-0.3, -0.25) is 25.5 Å². The van der Waals surface area contributed by atoms with E-state index in [4.69, 9.17) is 4.74 Å². The smallest absolute Gasteiger partial charge is 0.290 e. The number of hydrogen-bond acceptors (Lipinski definition) is 5. The molecule has 3 rings (SSSR count). The zero-order chi connectivity index (χ0) is 18.5. The Morgan fingerprint density at radius 3 is 2.62 bits per heavy atom. The molecular weight excluding hydrogens is 352 g/mol. The van der Waals surface area contributed by atoms with E-state index in [1.807, 2.05) is 49.6 Å². The molecule has 2 aromatic heterocycles. The summed E-state index contributed by atoms with van der Waals surface area (Å²) in [6.45, 7) is 3.70. The molecule has 0 aliphatic rings. The summed E-state index contributed by atoms with van der Waals surface area (Å²) in [5, 5.41) is 8.68. The van der Waals surface area contributed by atoms with Gasteiger partial charge in [0.15, 0.2) is 12.3 Å². The molecule has 134 valence electrons. The largest absolute Gasteiger partial charge is 0.484 e. The highest BCUT2D eigenvalue weighted by atomic mass is 32.1. The van der Waals surface area contributed by atoms with Crippen molar-refractivity contribution < 1.29 is 14.3 Å². The number of benzene rings is 1. The number of nitrogens with zero attached hydrogens (tertiary/aromatic N) is 1. The number of rotatable bonds is 5. The number of hydrazine groups is 1. The van der Waals surface area contributed by atoms with Gasteiger partial charge in [-0.2, -0.15) is 5.10 Å². The highest BCUT2D eigenvalue weighted by Crippen LogP contribution is 2.22. The van der Waals surface area contributed by atoms with Crippen molar-refractivity contribution in [1.82, 2.24) is 21.0 Å². The first-order valence-corrected chi connectivity index (χ1v) is 8.79. The number of H-pyrrole nitrogens is 1. The lowest BCUT2D eigenvalue weighted by Gasteiger charge is -2.09. The lowest BCUT2D eigenvalue weighted by molar-refractivity contribution is -0.123. The van der Waals surface area contributed by atoms with Gasteiger partial charge in [0, 0.05) is 0 Å². The number of aryl methyl sites for hydroxylation is 2. The Kier molecular flexibility index (Phi) is 5.33. The molecule has 2 amide bonds. The van der Waals surface area contributed by atoms with E-state index in [0.29, 0.717) is 5.75 Å². The third kappa shape index (κ3) is 4.48. The Morgan fingerprint density at radius 2 is 1.92 bits per heavy atom. The molecule has 0 saturated carbocycles. The zero-order valence-corrected chi connectivity index (χ0v) is 15.1. The lowest BCUT2D eigenvalue weighted by Crippen LogP contribution is -2.44. The average molecular weight is 370 g/mol. The molecule has 26 heavy (non-hydrogen) atoms. The van der Waals surface area contributed by atoms with E-state index >= 15 is 0 Å². The predicted octanol–water partition coefficient (Wildman–Crippen LogP) is 2.60. The van der Waals surface area contributed by atoms with Crippen molar-refractivity contribution in [2.75, 3.05) is 6.61 Å². The Labute approximate surface area is 154 Å². The van der Waals surface area contributed by atoms with Gasteiger partial charge in [-0.1, -0.05) is 12.1 Å². The molecule has 0 aliphatic heterocycles. The van der Waals surface area contributed by atoms with Crippen molar-refractivity contribution in [3.8, 4) is 16.3 Å². The molecule has 0 radical (unpaired) electrons. The fraction of sp³-hybridized carbons (Fsp3) is 0.167. The summed E-state index contributed by atoms with van der Waals surface area (Å²) < 4.78 is 5.44. The maximum atomic E-state index is 12.0. The van der Waals surface area contributed by atoms with Crippen LogP contribution in [0.2, 0.25) is 0 Å². The molecule has 0 unspecified atom stereocenters. The minimum atomic E-state index is -0.510. The van der Waals surface area contributed by atoms with Crippen molar-refractivity contribution in [2.24, 2.45) is 0 Å². The summed E-state index contributed by atoms with van der Waals surface area (Å²) >= 11 is 1.54. The quantitative estimate of drug-likeness (QED) is 0.602. The van der Waals surface area contributed by atoms with Gasteiger partial charge in [0.2, 0.25) is 0 Å². The summed E-state index contributed by atoms with van der Waals surface area (Å²) in [6, 6.07) is 11.2. The van der Waals surface area contributed by atoms with Crippen LogP contribution in [-0.4, -0.2) is 28.6 Å². The highest BCUT2D eigenvalue weighted by Gasteiger charge is 2.13. The molecule has 7 nitrogen and oxygen atoms in total. The van der Waals surface area contributed by atoms with Gasteiger partial charge in [0.05, 0.1) is 10.6 Å². The van der Waals surface area contributed by atoms with Crippen LogP contribution in [0.3, 0.4) is 0 Å². The van der Waals surface area contributed by atoms with Crippen LogP contribution in [-0.2, 0) is 4.79 Å². The van der Waals surface area contributed by atoms with E-state index in [1.54, 1.807) is 6.07 Å². The molecule has 3 N–H and O–H groups in total. The maximum Gasteiger partial charge on any atom is 0.290 e. The van der Waals surface area contributed by atoms with E-state index in [-0.39, 0.29) is 12.3 Å². The van der Waals surface area contributed by atoms with Crippen molar-refractivity contribution in [1.29, 1.82) is 0 Å². The maximum absolute atomic E-state index is 12.0. The standard InChI is InChI=1S/C18H18N4O3S/c1-11-6-12(2)8-13(7-11)25-10-17(23)21-22-18(24)15-9-14(19-20-15)16-4-3-5-26-16/h3-9H,10H2,1-2H3,(H,19,20)(H,21,23)(H,22,24). The van der Waals surface area contributed by atoms with Crippen LogP contribution in [0.4, 0.5) is 0 Å². The first-order chi connectivity index (χ1) is 12.5. The van der Waals surface area contributed by atoms with Crippen LogP contribution in [0.25, 0.3) is 10.6 Å². The van der Waals surface area contributed by atoms with Crippen molar-refractivity contribution >= 4 is 23.2 Å². The molecule has 0 saturated heterocycles. The van der Waals surface area contributed by atoms with Gasteiger partial charge in [0.25, 0.3) is 11.8 Å². The van der Waals surface area contributed by atoms with Crippen molar-refractivity contribution in [3.05, 3.63) is 58.6 Å². The molecule has 0 atom stereocenters. The van der Waals surface area contributed by atoms with Crippen molar-refractivity contribution in [3.63, 3.8) is 0 Å². The number of nitrogens with one attached hydrogen (secondary N) is 3. The molecule has 0 spiro atoms. The number of thiophene rings is 1. The van der Waals surface area contributed by atoms with E-state index < -0.39 is 11.8 Å². The number of carbonyl (C=O) groups is 2. The Hall–Kier alpha value is -3.13. The molecule has 3 aromatic rings. The van der Waals surface area contributed by atoms with Crippen LogP contribution < -0.4 is 15.6 Å². The number of ether oxygens (including phenoxy) is 1. The number of aromatic nitrogens is 2. The monoisotopic (exact) mass is 370 g/mol. The fourth-order valence-electron chi connectivity index (χ4n) is 2.39. The summed E-state index contributed by atoms with van der Waals surface area (Å²) in [6.07, 6.45) is 0. The summed E-state index contributed by atoms with van der Waals surface area (Å²) in [4.78, 5) is 24.9. The van der Waals surface area contributed by atoms with E-state index in [9.17, 15) is 9.59 Å². The van der Waals surface area contributed by atoms with Gasteiger partial charge in [-0.05, 0) is 54.6 Å². The van der Waals surface area contributed by atoms with Gasteiger partial charge < -0.3 is 4.74 Å². The second-order valence-corrected chi connectivity index (χ2v) is 6.71. The van der Waals surface area contributed by atoms with E-state index in [0.717, 1.165) is 21.7 Å². The number of amides is 2.